The number of ether oxygens (including phenoxy) is 7. The Morgan fingerprint density at radius 3 is 2.40 bits per heavy atom. The fourth-order valence-corrected chi connectivity index (χ4v) is 6.82. The maximum atomic E-state index is 13.5. The van der Waals surface area contributed by atoms with Crippen molar-refractivity contribution >= 4 is 11.9 Å². The van der Waals surface area contributed by atoms with E-state index in [1.807, 2.05) is 6.92 Å². The summed E-state index contributed by atoms with van der Waals surface area (Å²) in [5.41, 5.74) is -0.465. The molecule has 3 aliphatic rings. The summed E-state index contributed by atoms with van der Waals surface area (Å²) in [5, 5.41) is 24.6. The number of amides is 1. The quantitative estimate of drug-likeness (QED) is 0.128. The fraction of sp³-hybridized carbons (Fsp3) is 0.875. The molecule has 12 nitrogen and oxygen atoms in total. The summed E-state index contributed by atoms with van der Waals surface area (Å²) in [6.45, 7) is 10.1. The number of fused-ring (bicyclic) bond motifs is 1. The third-order valence-corrected chi connectivity index (χ3v) is 9.95. The van der Waals surface area contributed by atoms with Crippen molar-refractivity contribution in [3.05, 3.63) is 12.2 Å². The van der Waals surface area contributed by atoms with Crippen LogP contribution in [0.3, 0.4) is 0 Å². The van der Waals surface area contributed by atoms with Gasteiger partial charge in [-0.15, -0.1) is 0 Å². The summed E-state index contributed by atoms with van der Waals surface area (Å²) < 4.78 is 42.0. The first-order valence-electron chi connectivity index (χ1n) is 15.8. The van der Waals surface area contributed by atoms with Crippen LogP contribution in [0, 0.1) is 17.3 Å². The molecule has 3 aliphatic heterocycles. The van der Waals surface area contributed by atoms with E-state index < -0.39 is 47.6 Å². The normalized spacial score (nSPS) is 36.0. The summed E-state index contributed by atoms with van der Waals surface area (Å²) >= 11 is 0. The first-order chi connectivity index (χ1) is 20.8. The van der Waals surface area contributed by atoms with Gasteiger partial charge in [-0.1, -0.05) is 46.6 Å². The van der Waals surface area contributed by atoms with E-state index in [2.05, 4.69) is 33.0 Å². The molecule has 13 heteroatoms. The van der Waals surface area contributed by atoms with E-state index in [4.69, 9.17) is 33.2 Å². The first-order valence-corrected chi connectivity index (χ1v) is 15.8. The summed E-state index contributed by atoms with van der Waals surface area (Å²) in [6, 6.07) is 0. The molecule has 2 N–H and O–H groups in total. The van der Waals surface area contributed by atoms with E-state index >= 15 is 0 Å². The van der Waals surface area contributed by atoms with Gasteiger partial charge in [-0.25, -0.2) is 0 Å². The zero-order valence-corrected chi connectivity index (χ0v) is 30.6. The van der Waals surface area contributed by atoms with Gasteiger partial charge in [-0.3, -0.25) is 4.79 Å². The molecule has 0 aliphatic carbocycles. The van der Waals surface area contributed by atoms with Crippen molar-refractivity contribution in [3.8, 4) is 0 Å². The Bertz CT molecular complexity index is 953. The summed E-state index contributed by atoms with van der Waals surface area (Å²) in [4.78, 5) is 24.0. The molecule has 254 valence electrons. The van der Waals surface area contributed by atoms with E-state index in [0.29, 0.717) is 19.3 Å². The number of carboxylic acids is 1. The zero-order valence-electron chi connectivity index (χ0n) is 28.6. The average molecular weight is 652 g/mol. The molecule has 3 heterocycles. The molecular formula is C32H54NNaO11. The molecule has 0 saturated carbocycles. The Morgan fingerprint density at radius 1 is 1.09 bits per heavy atom. The van der Waals surface area contributed by atoms with Crippen LogP contribution in [0.2, 0.25) is 0 Å². The minimum atomic E-state index is -1.60. The zero-order chi connectivity index (χ0) is 32.7. The number of unbranched alkanes of at least 4 members (excludes halogenated alkanes) is 3. The molecule has 1 amide bonds. The van der Waals surface area contributed by atoms with Gasteiger partial charge in [0.2, 0.25) is 5.79 Å². The van der Waals surface area contributed by atoms with Crippen LogP contribution in [0.5, 0.6) is 0 Å². The Morgan fingerprint density at radius 2 is 1.80 bits per heavy atom. The fourth-order valence-electron chi connectivity index (χ4n) is 6.82. The van der Waals surface area contributed by atoms with Gasteiger partial charge in [0.1, 0.15) is 19.0 Å². The first kappa shape index (κ1) is 40.5. The topological polar surface area (TPSA) is 154 Å². The van der Waals surface area contributed by atoms with Gasteiger partial charge in [-0.2, -0.15) is 0 Å². The number of hydrogen-bond acceptors (Lipinski definition) is 11. The van der Waals surface area contributed by atoms with Crippen molar-refractivity contribution in [2.45, 2.75) is 134 Å². The number of carbonyl (C=O) groups is 2. The molecule has 45 heavy (non-hydrogen) atoms. The van der Waals surface area contributed by atoms with Crippen molar-refractivity contribution < 1.29 is 82.5 Å². The predicted molar refractivity (Wildman–Crippen MR) is 158 cm³/mol. The van der Waals surface area contributed by atoms with Gasteiger partial charge >= 0.3 is 29.6 Å². The van der Waals surface area contributed by atoms with Gasteiger partial charge in [0.05, 0.1) is 30.4 Å². The van der Waals surface area contributed by atoms with Gasteiger partial charge in [0, 0.05) is 39.6 Å². The molecule has 0 aromatic rings. The van der Waals surface area contributed by atoms with Crippen LogP contribution < -0.4 is 40.0 Å². The van der Waals surface area contributed by atoms with Crippen molar-refractivity contribution in [3.63, 3.8) is 0 Å². The van der Waals surface area contributed by atoms with E-state index in [9.17, 15) is 19.8 Å². The second kappa shape index (κ2) is 18.2. The van der Waals surface area contributed by atoms with Crippen LogP contribution in [0.1, 0.15) is 79.6 Å². The Kier molecular flexibility index (Phi) is 16.4. The molecule has 0 aromatic heterocycles. The van der Waals surface area contributed by atoms with Gasteiger partial charge < -0.3 is 53.5 Å². The molecule has 3 fully saturated rings. The number of aliphatic hydroxyl groups is 1. The van der Waals surface area contributed by atoms with Crippen LogP contribution in [0.4, 0.5) is 0 Å². The van der Waals surface area contributed by atoms with Crippen LogP contribution in [0.15, 0.2) is 12.2 Å². The van der Waals surface area contributed by atoms with E-state index in [1.54, 1.807) is 20.3 Å². The van der Waals surface area contributed by atoms with Crippen molar-refractivity contribution in [1.82, 2.24) is 5.32 Å². The predicted octanol–water partition coefficient (Wildman–Crippen LogP) is -0.939. The number of hydrogen-bond donors (Lipinski definition) is 2. The van der Waals surface area contributed by atoms with Crippen molar-refractivity contribution in [2.24, 2.45) is 17.3 Å². The maximum Gasteiger partial charge on any atom is 1.00 e. The molecule has 3 rings (SSSR count). The molecular weight excluding hydrogens is 597 g/mol. The van der Waals surface area contributed by atoms with E-state index in [1.165, 1.54) is 7.11 Å². The number of nitrogens with one attached hydrogen (secondary N) is 1. The van der Waals surface area contributed by atoms with E-state index in [-0.39, 0.29) is 72.6 Å². The van der Waals surface area contributed by atoms with Crippen LogP contribution in [-0.4, -0.2) is 99.8 Å². The molecule has 3 saturated heterocycles. The van der Waals surface area contributed by atoms with Crippen molar-refractivity contribution in [2.75, 3.05) is 28.1 Å². The SMILES string of the molecule is CO[C@H](CCCCC/C=C/C(=O)[O-])C[C@H]1O[C@H]2[C@H](OCO[C@H]2NC(=O)[C@@H](O)[C@@]2(OC)CC(C)[C@@H](C)[C@@H](C)O2)[C@@H](OC)C1(C)C.[Na+]. The number of aliphatic hydroxyl groups excluding tert-OH is 1. The standard InChI is InChI=1S/C32H55NO11.Na/c1-19-17-32(40-8,44-21(3)20(19)2)27(36)29(37)33-30-26-25(41-18-42-30)28(39-7)31(4,5)23(43-26)16-22(38-6)14-12-10-9-11-13-15-24(34)35;/h13,15,19-23,25-28,30,36H,9-12,14,16-18H2,1-8H3,(H,33,37)(H,34,35);/q;+1/p-1/b15-13+;/t19?,20-,21-,22-,23-,25+,26+,27-,28-,30-,32-;/m1./s1. The number of carboxylic acid groups (broad SMARTS) is 1. The third-order valence-electron chi connectivity index (χ3n) is 9.95. The maximum absolute atomic E-state index is 13.5. The minimum absolute atomic E-state index is 0. The van der Waals surface area contributed by atoms with Gasteiger partial charge in [0.25, 0.3) is 5.91 Å². The summed E-state index contributed by atoms with van der Waals surface area (Å²) in [5.74, 6) is -2.95. The third kappa shape index (κ3) is 9.95. The van der Waals surface area contributed by atoms with Gasteiger partial charge in [-0.05, 0) is 44.1 Å². The van der Waals surface area contributed by atoms with Crippen LogP contribution >= 0.6 is 0 Å². The Labute approximate surface area is 290 Å². The number of allylic oxidation sites excluding steroid dienone is 1. The number of rotatable bonds is 15. The summed E-state index contributed by atoms with van der Waals surface area (Å²) in [7, 11) is 4.75. The Hall–Kier alpha value is -0.640. The monoisotopic (exact) mass is 651 g/mol. The summed E-state index contributed by atoms with van der Waals surface area (Å²) in [6.07, 6.45) is 3.06. The second-order valence-corrected chi connectivity index (χ2v) is 13.1. The molecule has 11 atom stereocenters. The van der Waals surface area contributed by atoms with E-state index in [0.717, 1.165) is 31.8 Å². The average Bonchev–Trinajstić information content (AvgIpc) is 2.98. The largest absolute Gasteiger partial charge is 1.00 e. The molecule has 0 spiro atoms. The molecule has 0 radical (unpaired) electrons. The number of aliphatic carboxylic acids is 1. The number of methoxy groups -OCH3 is 3. The van der Waals surface area contributed by atoms with Crippen molar-refractivity contribution in [1.29, 1.82) is 0 Å². The molecule has 0 aromatic carbocycles. The van der Waals surface area contributed by atoms with Gasteiger partial charge in [0.15, 0.2) is 12.3 Å². The second-order valence-electron chi connectivity index (χ2n) is 13.1. The Balaban J connectivity index is 0.00000705. The molecule has 0 bridgehead atoms. The van der Waals surface area contributed by atoms with Crippen LogP contribution in [0.25, 0.3) is 0 Å². The minimum Gasteiger partial charge on any atom is -0.545 e. The van der Waals surface area contributed by atoms with Crippen LogP contribution in [-0.2, 0) is 42.7 Å². The number of carbonyl (C=O) groups excluding carboxylic acids is 2. The molecule has 1 unspecified atom stereocenters. The smallest absolute Gasteiger partial charge is 0.545 e.